The number of amides is 1. The maximum absolute atomic E-state index is 11.5. The van der Waals surface area contributed by atoms with Gasteiger partial charge in [-0.2, -0.15) is 0 Å². The van der Waals surface area contributed by atoms with E-state index in [1.54, 1.807) is 11.8 Å². The number of nitrogens with two attached hydrogens (primary N) is 1. The zero-order valence-electron chi connectivity index (χ0n) is 7.69. The summed E-state index contributed by atoms with van der Waals surface area (Å²) >= 11 is 1.07. The first-order valence-electron chi connectivity index (χ1n) is 4.39. The van der Waals surface area contributed by atoms with Gasteiger partial charge in [-0.15, -0.1) is 0 Å². The molecule has 1 amide bonds. The summed E-state index contributed by atoms with van der Waals surface area (Å²) < 4.78 is 0.124. The van der Waals surface area contributed by atoms with Crippen molar-refractivity contribution in [3.05, 3.63) is 0 Å². The van der Waals surface area contributed by atoms with Crippen LogP contribution in [0.1, 0.15) is 19.8 Å². The van der Waals surface area contributed by atoms with Gasteiger partial charge in [0, 0.05) is 0 Å². The van der Waals surface area contributed by atoms with Crippen LogP contribution >= 0.6 is 0 Å². The molecule has 1 fully saturated rings. The zero-order chi connectivity index (χ0) is 10.0. The topological polar surface area (TPSA) is 63.4 Å². The van der Waals surface area contributed by atoms with Crippen LogP contribution in [0.3, 0.4) is 0 Å². The molecule has 0 aromatic heterocycles. The molecule has 0 aromatic rings. The van der Waals surface area contributed by atoms with E-state index in [2.05, 4.69) is 0 Å². The summed E-state index contributed by atoms with van der Waals surface area (Å²) in [5.41, 5.74) is 5.48. The fourth-order valence-corrected chi connectivity index (χ4v) is 2.32. The number of carbonyl (C=O) groups is 2. The summed E-state index contributed by atoms with van der Waals surface area (Å²) in [6.45, 7) is 2.34. The Bertz CT molecular complexity index is 230. The number of carbonyl (C=O) groups excluding carboxylic acids is 2. The molecule has 0 radical (unpaired) electrons. The van der Waals surface area contributed by atoms with Crippen molar-refractivity contribution in [2.45, 2.75) is 31.8 Å². The summed E-state index contributed by atoms with van der Waals surface area (Å²) in [5, 5.41) is 0. The molecule has 0 saturated carbocycles. The van der Waals surface area contributed by atoms with Crippen LogP contribution in [-0.4, -0.2) is 50.9 Å². The molecule has 1 aliphatic heterocycles. The third-order valence-electron chi connectivity index (χ3n) is 2.25. The molecular weight excluding hydrogens is 231 g/mol. The molecule has 1 rings (SSSR count). The Morgan fingerprint density at radius 3 is 2.69 bits per heavy atom. The first kappa shape index (κ1) is 10.7. The Morgan fingerprint density at radius 2 is 2.23 bits per heavy atom. The van der Waals surface area contributed by atoms with Crippen LogP contribution in [0.5, 0.6) is 0 Å². The van der Waals surface area contributed by atoms with Gasteiger partial charge in [0.2, 0.25) is 0 Å². The van der Waals surface area contributed by atoms with Gasteiger partial charge in [-0.1, -0.05) is 0 Å². The molecule has 0 spiro atoms. The van der Waals surface area contributed by atoms with Crippen LogP contribution in [0.15, 0.2) is 0 Å². The number of rotatable bonds is 2. The second-order valence-corrected chi connectivity index (χ2v) is 4.57. The number of likely N-dealkylation sites (tertiary alicyclic amines) is 1. The van der Waals surface area contributed by atoms with Crippen molar-refractivity contribution in [3.63, 3.8) is 0 Å². The predicted molar refractivity (Wildman–Crippen MR) is 51.9 cm³/mol. The summed E-state index contributed by atoms with van der Waals surface area (Å²) in [6.07, 6.45) is 1.72. The summed E-state index contributed by atoms with van der Waals surface area (Å²) in [6, 6.07) is -0.689. The molecule has 3 atom stereocenters. The second-order valence-electron chi connectivity index (χ2n) is 3.38. The third kappa shape index (κ3) is 2.32. The number of nitrogens with zero attached hydrogens (tertiary/aromatic N) is 1. The molecule has 0 aromatic carbocycles. The van der Waals surface area contributed by atoms with E-state index in [4.69, 9.17) is 5.73 Å². The van der Waals surface area contributed by atoms with Crippen molar-refractivity contribution in [1.29, 1.82) is 0 Å². The van der Waals surface area contributed by atoms with E-state index in [1.807, 2.05) is 0 Å². The molecule has 2 unspecified atom stereocenters. The Hall–Kier alpha value is -0.342. The molecule has 1 saturated heterocycles. The van der Waals surface area contributed by atoms with Crippen molar-refractivity contribution < 1.29 is 9.59 Å². The summed E-state index contributed by atoms with van der Waals surface area (Å²) in [7, 11) is 0. The van der Waals surface area contributed by atoms with Crippen molar-refractivity contribution >= 4 is 27.3 Å². The summed E-state index contributed by atoms with van der Waals surface area (Å²) in [4.78, 5) is 24.3. The monoisotopic (exact) mass is 246 g/mol. The molecule has 1 heterocycles. The van der Waals surface area contributed by atoms with E-state index >= 15 is 0 Å². The van der Waals surface area contributed by atoms with Gasteiger partial charge in [-0.25, -0.2) is 0 Å². The molecule has 2 N–H and O–H groups in total. The van der Waals surface area contributed by atoms with Crippen LogP contribution in [-0.2, 0) is 9.59 Å². The normalized spacial score (nSPS) is 24.5. The van der Waals surface area contributed by atoms with Gasteiger partial charge in [-0.05, 0) is 0 Å². The standard InChI is InChI=1S/C8H15AsN2O2/c1-5(10)8(13)11-4-2-3-6(11)7(9)12/h5-6H,2-4,9-10H2,1H3/t5?,6-/m0/s1. The minimum atomic E-state index is -0.493. The average Bonchev–Trinajstić information content (AvgIpc) is 2.50. The molecule has 0 bridgehead atoms. The molecule has 74 valence electrons. The molecule has 1 aliphatic rings. The van der Waals surface area contributed by atoms with Crippen molar-refractivity contribution in [2.24, 2.45) is 5.73 Å². The van der Waals surface area contributed by atoms with E-state index in [9.17, 15) is 9.59 Å². The zero-order valence-corrected chi connectivity index (χ0v) is 10.1. The average molecular weight is 246 g/mol. The fourth-order valence-electron chi connectivity index (χ4n) is 1.59. The van der Waals surface area contributed by atoms with E-state index in [0.29, 0.717) is 6.54 Å². The Labute approximate surface area is 86.3 Å². The van der Waals surface area contributed by atoms with Crippen LogP contribution in [0.25, 0.3) is 0 Å². The van der Waals surface area contributed by atoms with Gasteiger partial charge in [0.15, 0.2) is 0 Å². The maximum atomic E-state index is 11.5. The van der Waals surface area contributed by atoms with Crippen molar-refractivity contribution in [2.75, 3.05) is 6.54 Å². The van der Waals surface area contributed by atoms with Gasteiger partial charge in [-0.3, -0.25) is 0 Å². The molecule has 13 heavy (non-hydrogen) atoms. The van der Waals surface area contributed by atoms with Gasteiger partial charge < -0.3 is 0 Å². The van der Waals surface area contributed by atoms with E-state index in [0.717, 1.165) is 29.7 Å². The van der Waals surface area contributed by atoms with E-state index in [-0.39, 0.29) is 16.5 Å². The molecular formula is C8H15AsN2O2. The summed E-state index contributed by atoms with van der Waals surface area (Å²) in [5.74, 6) is -0.103. The molecule has 0 aliphatic carbocycles. The first-order valence-corrected chi connectivity index (χ1v) is 5.60. The van der Waals surface area contributed by atoms with Crippen LogP contribution in [0.2, 0.25) is 0 Å². The number of hydrogen-bond acceptors (Lipinski definition) is 3. The van der Waals surface area contributed by atoms with Crippen LogP contribution in [0.4, 0.5) is 0 Å². The Kier molecular flexibility index (Phi) is 3.51. The van der Waals surface area contributed by atoms with Crippen molar-refractivity contribution in [1.82, 2.24) is 4.90 Å². The Balaban J connectivity index is 2.68. The molecule has 4 nitrogen and oxygen atoms in total. The van der Waals surface area contributed by atoms with Crippen LogP contribution < -0.4 is 5.73 Å². The van der Waals surface area contributed by atoms with Gasteiger partial charge in [0.05, 0.1) is 0 Å². The van der Waals surface area contributed by atoms with Crippen molar-refractivity contribution in [3.8, 4) is 0 Å². The second kappa shape index (κ2) is 4.25. The van der Waals surface area contributed by atoms with Gasteiger partial charge in [0.1, 0.15) is 0 Å². The van der Waals surface area contributed by atoms with E-state index < -0.39 is 6.04 Å². The quantitative estimate of drug-likeness (QED) is 0.602. The molecule has 5 heteroatoms. The van der Waals surface area contributed by atoms with E-state index in [1.165, 1.54) is 0 Å². The minimum absolute atomic E-state index is 0.103. The van der Waals surface area contributed by atoms with Gasteiger partial charge in [0.25, 0.3) is 0 Å². The number of hydrogen-bond donors (Lipinski definition) is 1. The van der Waals surface area contributed by atoms with Crippen LogP contribution in [0, 0.1) is 0 Å². The third-order valence-corrected chi connectivity index (χ3v) is 3.06. The SMILES string of the molecule is CC(N)C(=O)N1CCC[C@H]1C(=O)[AsH2]. The fraction of sp³-hybridized carbons (Fsp3) is 0.750. The van der Waals surface area contributed by atoms with Gasteiger partial charge >= 0.3 is 85.9 Å². The first-order chi connectivity index (χ1) is 6.04. The Morgan fingerprint density at radius 1 is 1.62 bits per heavy atom. The predicted octanol–water partition coefficient (Wildman–Crippen LogP) is -1.52.